The predicted octanol–water partition coefficient (Wildman–Crippen LogP) is 6.11. The first-order chi connectivity index (χ1) is 23.0. The number of carbonyl (C=O) groups excluding carboxylic acids is 1. The lowest BCUT2D eigenvalue weighted by Gasteiger charge is -2.23. The molecule has 0 aliphatic heterocycles. The first-order valence-electron chi connectivity index (χ1n) is 14.7. The largest absolute Gasteiger partial charge is 0.344 e. The first kappa shape index (κ1) is 30.2. The fourth-order valence-electron chi connectivity index (χ4n) is 6.63. The minimum atomic E-state index is -3.46. The van der Waals surface area contributed by atoms with E-state index in [1.807, 2.05) is 0 Å². The van der Waals surface area contributed by atoms with Crippen molar-refractivity contribution in [2.45, 2.75) is 43.7 Å². The normalized spacial score (nSPS) is 18.3. The van der Waals surface area contributed by atoms with Crippen molar-refractivity contribution in [3.8, 4) is 5.69 Å². The summed E-state index contributed by atoms with van der Waals surface area (Å²) >= 11 is 1.38. The highest BCUT2D eigenvalue weighted by Gasteiger charge is 2.67. The molecule has 4 heterocycles. The van der Waals surface area contributed by atoms with Crippen LogP contribution in [-0.2, 0) is 23.7 Å². The fourth-order valence-corrected chi connectivity index (χ4v) is 7.29. The highest BCUT2D eigenvalue weighted by atomic mass is 32.1. The van der Waals surface area contributed by atoms with E-state index in [9.17, 15) is 27.2 Å². The summed E-state index contributed by atoms with van der Waals surface area (Å²) in [4.78, 5) is 40.8. The molecular formula is C32H21F6N7O2S. The summed E-state index contributed by atoms with van der Waals surface area (Å²) in [6.07, 6.45) is -1.99. The van der Waals surface area contributed by atoms with Gasteiger partial charge in [0.1, 0.15) is 35.4 Å². The SMILES string of the molecule is O=C(Cn1nc(C(F)F)c2c1C(F)(F)C1C[C@H]21)NC(Cc1cc(F)cc(F)c1)c1nc2ncccc2c(=O)n1-c1ccc2scnc2c1. The van der Waals surface area contributed by atoms with Crippen molar-refractivity contribution in [3.05, 3.63) is 111 Å². The summed E-state index contributed by atoms with van der Waals surface area (Å²) in [5, 5.41) is 6.49. The Morgan fingerprint density at radius 3 is 2.65 bits per heavy atom. The molecule has 2 aromatic carbocycles. The molecule has 4 aromatic heterocycles. The van der Waals surface area contributed by atoms with Gasteiger partial charge in [-0.15, -0.1) is 11.3 Å². The third-order valence-electron chi connectivity index (χ3n) is 8.71. The number of hydrogen-bond acceptors (Lipinski definition) is 7. The Labute approximate surface area is 269 Å². The summed E-state index contributed by atoms with van der Waals surface area (Å²) in [7, 11) is 0. The van der Waals surface area contributed by atoms with Crippen LogP contribution in [0, 0.1) is 17.6 Å². The third kappa shape index (κ3) is 4.93. The van der Waals surface area contributed by atoms with Crippen LogP contribution in [0.25, 0.3) is 26.9 Å². The molecule has 0 saturated heterocycles. The van der Waals surface area contributed by atoms with E-state index in [1.54, 1.807) is 29.8 Å². The van der Waals surface area contributed by atoms with Gasteiger partial charge in [-0.1, -0.05) is 0 Å². The van der Waals surface area contributed by atoms with Crippen LogP contribution < -0.4 is 10.9 Å². The molecule has 0 bridgehead atoms. The van der Waals surface area contributed by atoms with Crippen LogP contribution >= 0.6 is 11.3 Å². The second-order valence-electron chi connectivity index (χ2n) is 11.8. The molecular weight excluding hydrogens is 660 g/mol. The summed E-state index contributed by atoms with van der Waals surface area (Å²) < 4.78 is 89.4. The van der Waals surface area contributed by atoms with Crippen molar-refractivity contribution in [1.29, 1.82) is 0 Å². The van der Waals surface area contributed by atoms with Crippen molar-refractivity contribution >= 4 is 38.5 Å². The number of thiazole rings is 1. The summed E-state index contributed by atoms with van der Waals surface area (Å²) in [5.74, 6) is -8.19. The number of pyridine rings is 1. The van der Waals surface area contributed by atoms with Crippen molar-refractivity contribution < 1.29 is 31.1 Å². The summed E-state index contributed by atoms with van der Waals surface area (Å²) in [6.45, 7) is -0.876. The van der Waals surface area contributed by atoms with Gasteiger partial charge in [-0.05, 0) is 60.4 Å². The minimum absolute atomic E-state index is 0.0125. The maximum absolute atomic E-state index is 15.2. The van der Waals surface area contributed by atoms with Crippen molar-refractivity contribution in [1.82, 2.24) is 34.6 Å². The molecule has 2 unspecified atom stereocenters. The molecule has 0 spiro atoms. The van der Waals surface area contributed by atoms with Gasteiger partial charge in [-0.3, -0.25) is 18.8 Å². The molecule has 2 aliphatic rings. The second kappa shape index (κ2) is 11.0. The van der Waals surface area contributed by atoms with Gasteiger partial charge in [-0.25, -0.2) is 32.5 Å². The molecule has 1 N–H and O–H groups in total. The van der Waals surface area contributed by atoms with Gasteiger partial charge in [0.2, 0.25) is 5.91 Å². The first-order valence-corrected chi connectivity index (χ1v) is 15.6. The maximum Gasteiger partial charge on any atom is 0.293 e. The predicted molar refractivity (Wildman–Crippen MR) is 161 cm³/mol. The maximum atomic E-state index is 15.2. The Morgan fingerprint density at radius 2 is 1.88 bits per heavy atom. The average Bonchev–Trinajstić information content (AvgIpc) is 3.44. The van der Waals surface area contributed by atoms with Gasteiger partial charge in [0.15, 0.2) is 5.65 Å². The number of benzene rings is 2. The number of halogens is 6. The number of hydrogen-bond donors (Lipinski definition) is 1. The number of fused-ring (bicyclic) bond motifs is 5. The summed E-state index contributed by atoms with van der Waals surface area (Å²) in [6, 6.07) is 9.50. The third-order valence-corrected chi connectivity index (χ3v) is 9.52. The van der Waals surface area contributed by atoms with Gasteiger partial charge in [-0.2, -0.15) is 13.9 Å². The molecule has 9 nitrogen and oxygen atoms in total. The fraction of sp³-hybridized carbons (Fsp3) is 0.250. The molecule has 2 aliphatic carbocycles. The Morgan fingerprint density at radius 1 is 1.08 bits per heavy atom. The van der Waals surface area contributed by atoms with Crippen LogP contribution in [-0.4, -0.2) is 35.2 Å². The number of aromatic nitrogens is 6. The van der Waals surface area contributed by atoms with Gasteiger partial charge in [0.25, 0.3) is 17.9 Å². The molecule has 1 amide bonds. The van der Waals surface area contributed by atoms with E-state index in [1.165, 1.54) is 28.2 Å². The number of carbonyl (C=O) groups is 1. The smallest absolute Gasteiger partial charge is 0.293 e. The van der Waals surface area contributed by atoms with Crippen LogP contribution in [0.2, 0.25) is 0 Å². The molecule has 3 atom stereocenters. The highest BCUT2D eigenvalue weighted by Crippen LogP contribution is 2.68. The van der Waals surface area contributed by atoms with Gasteiger partial charge in [0.05, 0.1) is 32.8 Å². The number of nitrogens with one attached hydrogen (secondary N) is 1. The molecule has 6 aromatic rings. The van der Waals surface area contributed by atoms with Crippen molar-refractivity contribution in [2.24, 2.45) is 5.92 Å². The van der Waals surface area contributed by atoms with Crippen LogP contribution in [0.15, 0.2) is 65.0 Å². The van der Waals surface area contributed by atoms with Crippen molar-refractivity contribution in [3.63, 3.8) is 0 Å². The molecule has 1 saturated carbocycles. The average molecular weight is 682 g/mol. The Bertz CT molecular complexity index is 2320. The van der Waals surface area contributed by atoms with E-state index < -0.39 is 71.3 Å². The Hall–Kier alpha value is -5.12. The number of nitrogens with zero attached hydrogens (tertiary/aromatic N) is 6. The standard InChI is InChI=1S/C32H21F6N7O2S/c33-15-6-14(7-16(34)9-15)8-22(41-24(46)12-44-27-25(26(43-44)28(35)36)19-11-20(19)32(27,37)38)30-42-29-18(2-1-5-39-29)31(47)45(30)17-3-4-23-21(10-17)40-13-48-23/h1-7,9-10,13,19-20,22,28H,8,11-12H2,(H,41,46)/t19-,20?,22?/m0/s1. The molecule has 1 fully saturated rings. The van der Waals surface area contributed by atoms with Crippen LogP contribution in [0.1, 0.15) is 53.1 Å². The van der Waals surface area contributed by atoms with E-state index in [2.05, 4.69) is 25.4 Å². The summed E-state index contributed by atoms with van der Waals surface area (Å²) in [5.41, 5.74) is 0.265. The van der Waals surface area contributed by atoms with Crippen LogP contribution in [0.3, 0.4) is 0 Å². The lowest BCUT2D eigenvalue weighted by molar-refractivity contribution is -0.123. The number of amides is 1. The molecule has 0 radical (unpaired) electrons. The minimum Gasteiger partial charge on any atom is -0.344 e. The van der Waals surface area contributed by atoms with Gasteiger partial charge >= 0.3 is 0 Å². The molecule has 8 rings (SSSR count). The lowest BCUT2D eigenvalue weighted by atomic mass is 10.0. The Balaban J connectivity index is 1.25. The van der Waals surface area contributed by atoms with E-state index >= 15 is 8.78 Å². The van der Waals surface area contributed by atoms with E-state index in [0.717, 1.165) is 16.8 Å². The van der Waals surface area contributed by atoms with Crippen molar-refractivity contribution in [2.75, 3.05) is 0 Å². The topological polar surface area (TPSA) is 108 Å². The highest BCUT2D eigenvalue weighted by molar-refractivity contribution is 7.16. The zero-order valence-corrected chi connectivity index (χ0v) is 25.2. The van der Waals surface area contributed by atoms with Crippen LogP contribution in [0.4, 0.5) is 26.3 Å². The van der Waals surface area contributed by atoms with Gasteiger partial charge in [0, 0.05) is 30.2 Å². The molecule has 16 heteroatoms. The van der Waals surface area contributed by atoms with E-state index in [4.69, 9.17) is 0 Å². The molecule has 244 valence electrons. The number of rotatable bonds is 8. The van der Waals surface area contributed by atoms with Gasteiger partial charge < -0.3 is 5.32 Å². The quantitative estimate of drug-likeness (QED) is 0.194. The lowest BCUT2D eigenvalue weighted by Crippen LogP contribution is -2.38. The number of alkyl halides is 4. The van der Waals surface area contributed by atoms with E-state index in [-0.39, 0.29) is 40.8 Å². The monoisotopic (exact) mass is 681 g/mol. The van der Waals surface area contributed by atoms with Crippen LogP contribution in [0.5, 0.6) is 0 Å². The molecule has 48 heavy (non-hydrogen) atoms. The Kier molecular flexibility index (Phi) is 6.91. The zero-order valence-electron chi connectivity index (χ0n) is 24.4. The second-order valence-corrected chi connectivity index (χ2v) is 12.7. The zero-order chi connectivity index (χ0) is 33.5. The van der Waals surface area contributed by atoms with E-state index in [0.29, 0.717) is 22.0 Å².